The van der Waals surface area contributed by atoms with Gasteiger partial charge in [-0.2, -0.15) is 13.2 Å². The molecule has 0 amide bonds. The van der Waals surface area contributed by atoms with Gasteiger partial charge in [0.05, 0.1) is 5.57 Å². The second kappa shape index (κ2) is 3.05. The fourth-order valence-corrected chi connectivity index (χ4v) is 1.69. The maximum Gasteiger partial charge on any atom is 0.416 e. The van der Waals surface area contributed by atoms with Crippen LogP contribution in [0.5, 0.6) is 0 Å². The Morgan fingerprint density at radius 1 is 1.33 bits per heavy atom. The van der Waals surface area contributed by atoms with E-state index >= 15 is 0 Å². The Morgan fingerprint density at radius 2 is 2.00 bits per heavy atom. The molecule has 2 aliphatic heterocycles. The molecule has 82 valence electrons. The van der Waals surface area contributed by atoms with Crippen molar-refractivity contribution >= 4 is 0 Å². The molecule has 5 heteroatoms. The molecule has 0 bridgehead atoms. The predicted octanol–water partition coefficient (Wildman–Crippen LogP) is 2.44. The Hall–Kier alpha value is -1.39. The molecule has 0 saturated heterocycles. The normalized spacial score (nSPS) is 25.3. The summed E-state index contributed by atoms with van der Waals surface area (Å²) in [6, 6.07) is 0. The lowest BCUT2D eigenvalue weighted by molar-refractivity contribution is -0.0894. The van der Waals surface area contributed by atoms with Crippen molar-refractivity contribution in [1.29, 1.82) is 0 Å². The molecule has 0 aliphatic carbocycles. The first kappa shape index (κ1) is 10.1. The minimum absolute atomic E-state index is 0.341. The smallest absolute Gasteiger partial charge is 0.353 e. The van der Waals surface area contributed by atoms with Crippen LogP contribution < -0.4 is 0 Å². The van der Waals surface area contributed by atoms with E-state index < -0.39 is 11.7 Å². The van der Waals surface area contributed by atoms with Gasteiger partial charge in [-0.25, -0.2) is 0 Å². The summed E-state index contributed by atoms with van der Waals surface area (Å²) >= 11 is 0. The highest BCUT2D eigenvalue weighted by molar-refractivity contribution is 5.32. The van der Waals surface area contributed by atoms with Gasteiger partial charge in [-0.3, -0.25) is 0 Å². The van der Waals surface area contributed by atoms with Crippen molar-refractivity contribution in [2.75, 3.05) is 7.05 Å². The molecule has 2 aliphatic rings. The Bertz CT molecular complexity index is 365. The third kappa shape index (κ3) is 1.62. The van der Waals surface area contributed by atoms with E-state index in [2.05, 4.69) is 0 Å². The van der Waals surface area contributed by atoms with Gasteiger partial charge in [-0.15, -0.1) is 0 Å². The second-order valence-corrected chi connectivity index (χ2v) is 3.68. The summed E-state index contributed by atoms with van der Waals surface area (Å²) in [6.07, 6.45) is 1.00. The molecule has 1 unspecified atom stereocenters. The Kier molecular flexibility index (Phi) is 2.06. The van der Waals surface area contributed by atoms with Crippen LogP contribution in [0.2, 0.25) is 0 Å². The zero-order valence-electron chi connectivity index (χ0n) is 8.42. The van der Waals surface area contributed by atoms with E-state index in [1.54, 1.807) is 16.8 Å². The van der Waals surface area contributed by atoms with E-state index in [9.17, 15) is 13.2 Å². The minimum Gasteiger partial charge on any atom is -0.353 e. The van der Waals surface area contributed by atoms with E-state index in [-0.39, 0.29) is 6.17 Å². The summed E-state index contributed by atoms with van der Waals surface area (Å²) in [5.41, 5.74) is 0.364. The summed E-state index contributed by atoms with van der Waals surface area (Å²) < 4.78 is 37.3. The number of rotatable bonds is 0. The van der Waals surface area contributed by atoms with Crippen molar-refractivity contribution < 1.29 is 13.2 Å². The van der Waals surface area contributed by atoms with Gasteiger partial charge in [0.2, 0.25) is 0 Å². The van der Waals surface area contributed by atoms with Crippen molar-refractivity contribution in [2.45, 2.75) is 19.3 Å². The average Bonchev–Trinajstić information content (AvgIpc) is 2.41. The van der Waals surface area contributed by atoms with Crippen LogP contribution in [0.4, 0.5) is 13.2 Å². The molecular formula is C10H11F3N2. The SMILES string of the molecule is CC1=CN2C=CC(C(F)(F)F)=CC2N1C. The predicted molar refractivity (Wildman–Crippen MR) is 50.4 cm³/mol. The number of hydrogen-bond acceptors (Lipinski definition) is 2. The van der Waals surface area contributed by atoms with Gasteiger partial charge in [0.15, 0.2) is 0 Å². The molecule has 0 N–H and O–H groups in total. The van der Waals surface area contributed by atoms with Crippen LogP contribution in [-0.4, -0.2) is 29.2 Å². The maximum atomic E-state index is 12.4. The number of alkyl halides is 3. The minimum atomic E-state index is -4.26. The van der Waals surface area contributed by atoms with Crippen LogP contribution >= 0.6 is 0 Å². The molecule has 0 radical (unpaired) electrons. The first-order chi connectivity index (χ1) is 6.89. The number of allylic oxidation sites excluding steroid dienone is 3. The van der Waals surface area contributed by atoms with Crippen molar-refractivity contribution in [1.82, 2.24) is 9.80 Å². The van der Waals surface area contributed by atoms with E-state index in [1.807, 2.05) is 13.1 Å². The molecular weight excluding hydrogens is 205 g/mol. The van der Waals surface area contributed by atoms with Gasteiger partial charge in [-0.1, -0.05) is 0 Å². The lowest BCUT2D eigenvalue weighted by Gasteiger charge is -2.30. The van der Waals surface area contributed by atoms with Crippen LogP contribution in [0.1, 0.15) is 6.92 Å². The highest BCUT2D eigenvalue weighted by atomic mass is 19.4. The number of likely N-dealkylation sites (N-methyl/N-ethyl adjacent to an activating group) is 1. The quantitative estimate of drug-likeness (QED) is 0.613. The lowest BCUT2D eigenvalue weighted by atomic mass is 10.1. The summed E-state index contributed by atoms with van der Waals surface area (Å²) in [6.45, 7) is 1.87. The van der Waals surface area contributed by atoms with Crippen LogP contribution in [0.3, 0.4) is 0 Å². The molecule has 1 atom stereocenters. The summed E-state index contributed by atoms with van der Waals surface area (Å²) in [5, 5.41) is 0. The van der Waals surface area contributed by atoms with Gasteiger partial charge in [0.25, 0.3) is 0 Å². The Morgan fingerprint density at radius 3 is 2.60 bits per heavy atom. The molecule has 0 aromatic heterocycles. The molecule has 0 spiro atoms. The molecule has 0 aromatic rings. The number of halogens is 3. The van der Waals surface area contributed by atoms with Crippen molar-refractivity contribution in [3.63, 3.8) is 0 Å². The van der Waals surface area contributed by atoms with Crippen molar-refractivity contribution in [3.8, 4) is 0 Å². The third-order valence-corrected chi connectivity index (χ3v) is 2.68. The zero-order valence-corrected chi connectivity index (χ0v) is 8.42. The summed E-state index contributed by atoms with van der Waals surface area (Å²) in [4.78, 5) is 3.56. The van der Waals surface area contributed by atoms with Crippen molar-refractivity contribution in [3.05, 3.63) is 35.8 Å². The number of hydrogen-bond donors (Lipinski definition) is 0. The first-order valence-electron chi connectivity index (χ1n) is 4.55. The molecule has 2 rings (SSSR count). The summed E-state index contributed by atoms with van der Waals surface area (Å²) in [5.74, 6) is 0. The van der Waals surface area contributed by atoms with Crippen LogP contribution in [-0.2, 0) is 0 Å². The largest absolute Gasteiger partial charge is 0.416 e. The van der Waals surface area contributed by atoms with Crippen LogP contribution in [0, 0.1) is 0 Å². The molecule has 0 fully saturated rings. The fraction of sp³-hybridized carbons (Fsp3) is 0.400. The topological polar surface area (TPSA) is 6.48 Å². The van der Waals surface area contributed by atoms with Crippen LogP contribution in [0.25, 0.3) is 0 Å². The molecule has 0 aromatic carbocycles. The monoisotopic (exact) mass is 216 g/mol. The van der Waals surface area contributed by atoms with Crippen molar-refractivity contribution in [2.24, 2.45) is 0 Å². The van der Waals surface area contributed by atoms with E-state index in [0.717, 1.165) is 11.8 Å². The van der Waals surface area contributed by atoms with Gasteiger partial charge in [-0.05, 0) is 19.1 Å². The Labute approximate surface area is 86.0 Å². The van der Waals surface area contributed by atoms with Gasteiger partial charge >= 0.3 is 6.18 Å². The molecule has 0 saturated carbocycles. The lowest BCUT2D eigenvalue weighted by Crippen LogP contribution is -2.35. The molecule has 2 nitrogen and oxygen atoms in total. The fourth-order valence-electron chi connectivity index (χ4n) is 1.69. The average molecular weight is 216 g/mol. The third-order valence-electron chi connectivity index (χ3n) is 2.68. The maximum absolute atomic E-state index is 12.4. The number of fused-ring (bicyclic) bond motifs is 1. The van der Waals surface area contributed by atoms with Gasteiger partial charge < -0.3 is 9.80 Å². The number of nitrogens with zero attached hydrogens (tertiary/aromatic N) is 2. The van der Waals surface area contributed by atoms with Gasteiger partial charge in [0, 0.05) is 25.1 Å². The molecule has 2 heterocycles. The zero-order chi connectivity index (χ0) is 11.2. The first-order valence-corrected chi connectivity index (χ1v) is 4.55. The highest BCUT2D eigenvalue weighted by Crippen LogP contribution is 2.33. The second-order valence-electron chi connectivity index (χ2n) is 3.68. The van der Waals surface area contributed by atoms with E-state index in [0.29, 0.717) is 0 Å². The molecule has 15 heavy (non-hydrogen) atoms. The summed E-state index contributed by atoms with van der Waals surface area (Å²) in [7, 11) is 1.78. The Balaban J connectivity index is 2.29. The van der Waals surface area contributed by atoms with E-state index in [1.165, 1.54) is 12.3 Å². The highest BCUT2D eigenvalue weighted by Gasteiger charge is 2.37. The van der Waals surface area contributed by atoms with Gasteiger partial charge in [0.1, 0.15) is 6.17 Å². The van der Waals surface area contributed by atoms with E-state index in [4.69, 9.17) is 0 Å². The van der Waals surface area contributed by atoms with Crippen LogP contribution in [0.15, 0.2) is 35.8 Å². The standard InChI is InChI=1S/C10H11F3N2/c1-7-6-15-4-3-8(10(11,12)13)5-9(15)14(7)2/h3-6,9H,1-2H3.